The molecule has 0 bridgehead atoms. The number of hydrogen-bond donors (Lipinski definition) is 1. The Hall–Kier alpha value is -1.25. The molecule has 4 nitrogen and oxygen atoms in total. The van der Waals surface area contributed by atoms with E-state index < -0.39 is 10.0 Å². The van der Waals surface area contributed by atoms with E-state index in [1.165, 1.54) is 18.2 Å². The van der Waals surface area contributed by atoms with Crippen molar-refractivity contribution in [2.45, 2.75) is 0 Å². The Labute approximate surface area is 87.4 Å². The number of nitrogens with zero attached hydrogens (tertiary/aromatic N) is 1. The van der Waals surface area contributed by atoms with Crippen LogP contribution in [0.1, 0.15) is 0 Å². The van der Waals surface area contributed by atoms with Gasteiger partial charge in [0.15, 0.2) is 0 Å². The Kier molecular flexibility index (Phi) is 2.99. The van der Waals surface area contributed by atoms with Crippen LogP contribution in [0.2, 0.25) is 5.02 Å². The summed E-state index contributed by atoms with van der Waals surface area (Å²) in [5.41, 5.74) is 0.743. The van der Waals surface area contributed by atoms with Crippen LogP contribution in [-0.4, -0.2) is 14.7 Å². The number of benzene rings is 1. The molecule has 0 amide bonds. The highest BCUT2D eigenvalue weighted by molar-refractivity contribution is 7.92. The van der Waals surface area contributed by atoms with E-state index >= 15 is 0 Å². The van der Waals surface area contributed by atoms with E-state index in [9.17, 15) is 8.42 Å². The lowest BCUT2D eigenvalue weighted by molar-refractivity contribution is 0.607. The van der Waals surface area contributed by atoms with E-state index in [1.54, 1.807) is 0 Å². The highest BCUT2D eigenvalue weighted by atomic mass is 35.5. The van der Waals surface area contributed by atoms with Crippen LogP contribution in [0.25, 0.3) is 4.85 Å². The molecule has 0 unspecified atom stereocenters. The zero-order valence-corrected chi connectivity index (χ0v) is 8.93. The third kappa shape index (κ3) is 3.24. The SMILES string of the molecule is C#[N+]c1cc(Cl)cc(NS(C)(=O)=O)c1. The molecule has 1 aromatic rings. The van der Waals surface area contributed by atoms with Crippen molar-refractivity contribution in [1.29, 1.82) is 0 Å². The predicted octanol–water partition coefficient (Wildman–Crippen LogP) is 2.31. The fourth-order valence-electron chi connectivity index (χ4n) is 0.922. The van der Waals surface area contributed by atoms with Crippen LogP contribution >= 0.6 is 11.6 Å². The van der Waals surface area contributed by atoms with Gasteiger partial charge in [0.2, 0.25) is 10.0 Å². The van der Waals surface area contributed by atoms with E-state index in [0.29, 0.717) is 16.4 Å². The highest BCUT2D eigenvalue weighted by Crippen LogP contribution is 2.24. The largest absolute Gasteiger partial charge is 0.343 e. The molecular weight excluding hydrogens is 224 g/mol. The molecule has 0 aliphatic carbocycles. The van der Waals surface area contributed by atoms with Crippen molar-refractivity contribution in [3.8, 4) is 6.57 Å². The smallest absolute Gasteiger partial charge is 0.283 e. The van der Waals surface area contributed by atoms with Crippen LogP contribution in [-0.2, 0) is 10.0 Å². The second-order valence-corrected chi connectivity index (χ2v) is 4.89. The van der Waals surface area contributed by atoms with E-state index in [4.69, 9.17) is 18.2 Å². The van der Waals surface area contributed by atoms with Gasteiger partial charge >= 0.3 is 5.69 Å². The first-order valence-corrected chi connectivity index (χ1v) is 5.87. The van der Waals surface area contributed by atoms with Gasteiger partial charge < -0.3 is 0 Å². The number of anilines is 1. The summed E-state index contributed by atoms with van der Waals surface area (Å²) in [6.45, 7) is 5.04. The van der Waals surface area contributed by atoms with Crippen molar-refractivity contribution in [3.05, 3.63) is 28.1 Å². The van der Waals surface area contributed by atoms with Gasteiger partial charge in [-0.25, -0.2) is 8.42 Å². The van der Waals surface area contributed by atoms with Gasteiger partial charge in [-0.05, 0) is 10.9 Å². The lowest BCUT2D eigenvalue weighted by Crippen LogP contribution is -2.09. The molecule has 0 spiro atoms. The van der Waals surface area contributed by atoms with Crippen molar-refractivity contribution in [1.82, 2.24) is 0 Å². The first-order chi connectivity index (χ1) is 6.40. The van der Waals surface area contributed by atoms with Crippen LogP contribution in [0.3, 0.4) is 0 Å². The molecule has 0 saturated heterocycles. The maximum absolute atomic E-state index is 10.9. The third-order valence-electron chi connectivity index (χ3n) is 1.33. The average molecular weight is 232 g/mol. The third-order valence-corrected chi connectivity index (χ3v) is 2.16. The predicted molar refractivity (Wildman–Crippen MR) is 57.9 cm³/mol. The molecule has 0 heterocycles. The maximum Gasteiger partial charge on any atom is 0.343 e. The van der Waals surface area contributed by atoms with E-state index in [0.717, 1.165) is 6.26 Å². The topological polar surface area (TPSA) is 50.5 Å². The summed E-state index contributed by atoms with van der Waals surface area (Å²) < 4.78 is 24.1. The monoisotopic (exact) mass is 231 g/mol. The van der Waals surface area contributed by atoms with Gasteiger partial charge in [0.05, 0.1) is 23.0 Å². The van der Waals surface area contributed by atoms with E-state index in [1.807, 2.05) is 0 Å². The molecule has 0 radical (unpaired) electrons. The molecule has 6 heteroatoms. The molecule has 1 rings (SSSR count). The Morgan fingerprint density at radius 3 is 2.57 bits per heavy atom. The molecule has 1 aromatic carbocycles. The zero-order valence-electron chi connectivity index (χ0n) is 7.36. The zero-order chi connectivity index (χ0) is 10.8. The van der Waals surface area contributed by atoms with Crippen molar-refractivity contribution in [2.24, 2.45) is 0 Å². The number of rotatable bonds is 2. The van der Waals surface area contributed by atoms with Crippen molar-refractivity contribution >= 4 is 33.0 Å². The Morgan fingerprint density at radius 2 is 2.07 bits per heavy atom. The average Bonchev–Trinajstić information content (AvgIpc) is 1.99. The minimum Gasteiger partial charge on any atom is -0.283 e. The summed E-state index contributed by atoms with van der Waals surface area (Å²) in [7, 11) is -3.31. The summed E-state index contributed by atoms with van der Waals surface area (Å²) >= 11 is 5.71. The minimum atomic E-state index is -3.31. The molecular formula is C8H8ClN2O2S+. The second-order valence-electron chi connectivity index (χ2n) is 2.70. The molecule has 14 heavy (non-hydrogen) atoms. The lowest BCUT2D eigenvalue weighted by Gasteiger charge is -2.01. The second kappa shape index (κ2) is 3.86. The van der Waals surface area contributed by atoms with Crippen LogP contribution in [0.15, 0.2) is 18.2 Å². The molecule has 0 saturated carbocycles. The fourth-order valence-corrected chi connectivity index (χ4v) is 1.70. The molecule has 1 N–H and O–H groups in total. The first-order valence-electron chi connectivity index (χ1n) is 3.60. The van der Waals surface area contributed by atoms with E-state index in [2.05, 4.69) is 9.57 Å². The molecule has 0 aromatic heterocycles. The van der Waals surface area contributed by atoms with Gasteiger partial charge in [0.25, 0.3) is 6.57 Å². The van der Waals surface area contributed by atoms with Crippen molar-refractivity contribution in [3.63, 3.8) is 0 Å². The maximum atomic E-state index is 10.9. The van der Waals surface area contributed by atoms with Crippen molar-refractivity contribution < 1.29 is 8.42 Å². The van der Waals surface area contributed by atoms with Crippen LogP contribution in [0, 0.1) is 6.57 Å². The van der Waals surface area contributed by atoms with Crippen LogP contribution in [0.4, 0.5) is 11.4 Å². The number of nitrogens with one attached hydrogen (secondary N) is 1. The summed E-state index contributed by atoms with van der Waals surface area (Å²) in [6, 6.07) is 4.47. The molecule has 74 valence electrons. The fraction of sp³-hybridized carbons (Fsp3) is 0.125. The van der Waals surface area contributed by atoms with E-state index in [-0.39, 0.29) is 0 Å². The normalized spacial score (nSPS) is 10.6. The van der Waals surface area contributed by atoms with Gasteiger partial charge in [-0.15, -0.1) is 0 Å². The van der Waals surface area contributed by atoms with Gasteiger partial charge in [-0.2, -0.15) is 0 Å². The van der Waals surface area contributed by atoms with Gasteiger partial charge in [0.1, 0.15) is 0 Å². The first kappa shape index (κ1) is 10.8. The minimum absolute atomic E-state index is 0.337. The number of hydrogen-bond acceptors (Lipinski definition) is 2. The highest BCUT2D eigenvalue weighted by Gasteiger charge is 2.08. The summed E-state index contributed by atoms with van der Waals surface area (Å²) in [6.07, 6.45) is 1.05. The Balaban J connectivity index is 3.12. The standard InChI is InChI=1S/C8H8ClN2O2S/c1-10-7-3-6(9)4-8(5-7)11-14(2,12)13/h1,3-5,11H,2H3/q+1. The molecule has 0 aliphatic heterocycles. The number of sulfonamides is 1. The molecule has 0 aliphatic rings. The van der Waals surface area contributed by atoms with Gasteiger partial charge in [-0.3, -0.25) is 4.72 Å². The summed E-state index contributed by atoms with van der Waals surface area (Å²) in [4.78, 5) is 3.40. The van der Waals surface area contributed by atoms with Crippen molar-refractivity contribution in [2.75, 3.05) is 11.0 Å². The quantitative estimate of drug-likeness (QED) is 0.849. The summed E-state index contributed by atoms with van der Waals surface area (Å²) in [5.74, 6) is 0. The van der Waals surface area contributed by atoms with Gasteiger partial charge in [-0.1, -0.05) is 11.6 Å². The van der Waals surface area contributed by atoms with Crippen LogP contribution < -0.4 is 4.72 Å². The Bertz CT molecular complexity index is 491. The number of halogens is 1. The Morgan fingerprint density at radius 1 is 1.43 bits per heavy atom. The lowest BCUT2D eigenvalue weighted by atomic mass is 10.3. The summed E-state index contributed by atoms with van der Waals surface area (Å²) in [5, 5.41) is 0.364. The van der Waals surface area contributed by atoms with Crippen LogP contribution in [0.5, 0.6) is 0 Å². The van der Waals surface area contributed by atoms with Gasteiger partial charge in [0, 0.05) is 6.07 Å². The molecule has 0 fully saturated rings. The molecule has 0 atom stereocenters.